The van der Waals surface area contributed by atoms with E-state index in [-0.39, 0.29) is 11.7 Å². The number of hydrogen-bond acceptors (Lipinski definition) is 5. The number of furan rings is 1. The van der Waals surface area contributed by atoms with E-state index in [2.05, 4.69) is 15.2 Å². The highest BCUT2D eigenvalue weighted by atomic mass is 19.1. The van der Waals surface area contributed by atoms with Crippen molar-refractivity contribution in [3.63, 3.8) is 0 Å². The first-order valence-corrected chi connectivity index (χ1v) is 9.22. The minimum absolute atomic E-state index is 0.176. The van der Waals surface area contributed by atoms with Crippen LogP contribution in [0.2, 0.25) is 0 Å². The Labute approximate surface area is 162 Å². The summed E-state index contributed by atoms with van der Waals surface area (Å²) >= 11 is 0. The maximum atomic E-state index is 14.0. The molecule has 6 nitrogen and oxygen atoms in total. The number of amides is 1. The summed E-state index contributed by atoms with van der Waals surface area (Å²) in [5, 5.41) is 2.84. The lowest BCUT2D eigenvalue weighted by Gasteiger charge is -2.36. The van der Waals surface area contributed by atoms with E-state index in [9.17, 15) is 9.18 Å². The molecule has 3 heterocycles. The molecule has 28 heavy (non-hydrogen) atoms. The molecule has 144 valence electrons. The van der Waals surface area contributed by atoms with Crippen LogP contribution < -0.4 is 15.1 Å². The predicted octanol–water partition coefficient (Wildman–Crippen LogP) is 3.07. The lowest BCUT2D eigenvalue weighted by atomic mass is 10.2. The van der Waals surface area contributed by atoms with Crippen LogP contribution in [0, 0.1) is 5.82 Å². The second-order valence-corrected chi connectivity index (χ2v) is 6.59. The van der Waals surface area contributed by atoms with E-state index in [4.69, 9.17) is 4.42 Å². The molecular formula is C21H21FN4O2. The highest BCUT2D eigenvalue weighted by Gasteiger charge is 2.21. The number of pyridine rings is 1. The predicted molar refractivity (Wildman–Crippen MR) is 105 cm³/mol. The van der Waals surface area contributed by atoms with E-state index in [1.54, 1.807) is 42.8 Å². The molecule has 0 saturated carbocycles. The lowest BCUT2D eigenvalue weighted by molar-refractivity contribution is 0.0948. The van der Waals surface area contributed by atoms with Gasteiger partial charge < -0.3 is 19.5 Å². The van der Waals surface area contributed by atoms with Crippen molar-refractivity contribution in [1.29, 1.82) is 0 Å². The number of carbonyl (C=O) groups is 1. The Morgan fingerprint density at radius 1 is 1.07 bits per heavy atom. The fraction of sp³-hybridized carbons (Fsp3) is 0.238. The summed E-state index contributed by atoms with van der Waals surface area (Å²) in [6.45, 7) is 3.14. The molecule has 7 heteroatoms. The quantitative estimate of drug-likeness (QED) is 0.737. The fourth-order valence-electron chi connectivity index (χ4n) is 3.30. The highest BCUT2D eigenvalue weighted by Crippen LogP contribution is 2.22. The van der Waals surface area contributed by atoms with Crippen LogP contribution in [0.15, 0.2) is 65.4 Å². The van der Waals surface area contributed by atoms with Crippen molar-refractivity contribution >= 4 is 17.4 Å². The SMILES string of the molecule is O=C(NCc1ccco1)c1ccnc(N2CCN(c3ccccc3F)CC2)c1. The zero-order valence-corrected chi connectivity index (χ0v) is 15.3. The van der Waals surface area contributed by atoms with Crippen molar-refractivity contribution in [2.45, 2.75) is 6.54 Å². The summed E-state index contributed by atoms with van der Waals surface area (Å²) in [7, 11) is 0. The van der Waals surface area contributed by atoms with Gasteiger partial charge in [-0.15, -0.1) is 0 Å². The zero-order valence-electron chi connectivity index (χ0n) is 15.3. The molecule has 0 radical (unpaired) electrons. The largest absolute Gasteiger partial charge is 0.467 e. The average Bonchev–Trinajstić information content (AvgIpc) is 3.26. The van der Waals surface area contributed by atoms with Gasteiger partial charge in [0.15, 0.2) is 0 Å². The number of piperazine rings is 1. The third-order valence-corrected chi connectivity index (χ3v) is 4.81. The highest BCUT2D eigenvalue weighted by molar-refractivity contribution is 5.94. The minimum atomic E-state index is -0.204. The molecule has 1 aliphatic heterocycles. The Morgan fingerprint density at radius 2 is 1.86 bits per heavy atom. The van der Waals surface area contributed by atoms with Crippen LogP contribution in [-0.2, 0) is 6.54 Å². The van der Waals surface area contributed by atoms with Crippen LogP contribution in [0.4, 0.5) is 15.9 Å². The van der Waals surface area contributed by atoms with Gasteiger partial charge in [-0.1, -0.05) is 12.1 Å². The van der Waals surface area contributed by atoms with Gasteiger partial charge >= 0.3 is 0 Å². The third kappa shape index (κ3) is 3.98. The molecule has 0 atom stereocenters. The number of nitrogens with zero attached hydrogens (tertiary/aromatic N) is 3. The van der Waals surface area contributed by atoms with E-state index in [1.165, 1.54) is 6.07 Å². The molecule has 0 bridgehead atoms. The molecule has 3 aromatic rings. The lowest BCUT2D eigenvalue weighted by Crippen LogP contribution is -2.47. The van der Waals surface area contributed by atoms with Crippen LogP contribution >= 0.6 is 0 Å². The second kappa shape index (κ2) is 8.12. The number of halogens is 1. The molecule has 0 aliphatic carbocycles. The Morgan fingerprint density at radius 3 is 2.61 bits per heavy atom. The average molecular weight is 380 g/mol. The Bertz CT molecular complexity index is 937. The van der Waals surface area contributed by atoms with Gasteiger partial charge in [0.25, 0.3) is 5.91 Å². The van der Waals surface area contributed by atoms with Crippen LogP contribution in [0.3, 0.4) is 0 Å². The number of rotatable bonds is 5. The molecule has 1 saturated heterocycles. The van der Waals surface area contributed by atoms with Gasteiger partial charge in [-0.05, 0) is 36.4 Å². The van der Waals surface area contributed by atoms with E-state index in [0.717, 1.165) is 5.82 Å². The smallest absolute Gasteiger partial charge is 0.251 e. The first-order valence-electron chi connectivity index (χ1n) is 9.22. The van der Waals surface area contributed by atoms with Crippen LogP contribution in [-0.4, -0.2) is 37.1 Å². The van der Waals surface area contributed by atoms with E-state index in [0.29, 0.717) is 49.7 Å². The topological polar surface area (TPSA) is 61.6 Å². The number of nitrogens with one attached hydrogen (secondary N) is 1. The van der Waals surface area contributed by atoms with E-state index >= 15 is 0 Å². The van der Waals surface area contributed by atoms with Crippen molar-refractivity contribution in [2.24, 2.45) is 0 Å². The van der Waals surface area contributed by atoms with E-state index in [1.807, 2.05) is 17.0 Å². The molecule has 1 amide bonds. The van der Waals surface area contributed by atoms with Crippen molar-refractivity contribution in [3.05, 3.63) is 78.1 Å². The number of para-hydroxylation sites is 1. The van der Waals surface area contributed by atoms with Gasteiger partial charge in [0, 0.05) is 37.9 Å². The molecule has 2 aromatic heterocycles. The minimum Gasteiger partial charge on any atom is -0.467 e. The monoisotopic (exact) mass is 380 g/mol. The van der Waals surface area contributed by atoms with Gasteiger partial charge in [0.1, 0.15) is 17.4 Å². The molecule has 1 fully saturated rings. The molecular weight excluding hydrogens is 359 g/mol. The van der Waals surface area contributed by atoms with Crippen molar-refractivity contribution in [1.82, 2.24) is 10.3 Å². The number of benzene rings is 1. The number of hydrogen-bond donors (Lipinski definition) is 1. The number of anilines is 2. The van der Waals surface area contributed by atoms with Gasteiger partial charge in [0.05, 0.1) is 18.5 Å². The summed E-state index contributed by atoms with van der Waals surface area (Å²) in [5.41, 5.74) is 1.18. The summed E-state index contributed by atoms with van der Waals surface area (Å²) in [6.07, 6.45) is 3.22. The molecule has 1 aromatic carbocycles. The van der Waals surface area contributed by atoms with Crippen molar-refractivity contribution in [2.75, 3.05) is 36.0 Å². The first-order chi connectivity index (χ1) is 13.7. The van der Waals surface area contributed by atoms with Gasteiger partial charge in [-0.25, -0.2) is 9.37 Å². The van der Waals surface area contributed by atoms with Crippen molar-refractivity contribution in [3.8, 4) is 0 Å². The standard InChI is InChI=1S/C21H21FN4O2/c22-18-5-1-2-6-19(18)25-9-11-26(12-10-25)20-14-16(7-8-23-20)21(27)24-15-17-4-3-13-28-17/h1-8,13-14H,9-12,15H2,(H,24,27). The third-order valence-electron chi connectivity index (χ3n) is 4.81. The summed E-state index contributed by atoms with van der Waals surface area (Å²) < 4.78 is 19.2. The first kappa shape index (κ1) is 18.0. The summed E-state index contributed by atoms with van der Waals surface area (Å²) in [4.78, 5) is 21.0. The van der Waals surface area contributed by atoms with Crippen LogP contribution in [0.1, 0.15) is 16.1 Å². The van der Waals surface area contributed by atoms with E-state index < -0.39 is 0 Å². The van der Waals surface area contributed by atoms with Crippen molar-refractivity contribution < 1.29 is 13.6 Å². The summed E-state index contributed by atoms with van der Waals surface area (Å²) in [5.74, 6) is 1.07. The summed E-state index contributed by atoms with van der Waals surface area (Å²) in [6, 6.07) is 13.9. The Hall–Kier alpha value is -3.35. The molecule has 1 N–H and O–H groups in total. The normalized spacial score (nSPS) is 14.2. The van der Waals surface area contributed by atoms with Gasteiger partial charge in [-0.3, -0.25) is 4.79 Å². The Balaban J connectivity index is 1.38. The maximum absolute atomic E-state index is 14.0. The fourth-order valence-corrected chi connectivity index (χ4v) is 3.30. The van der Waals surface area contributed by atoms with Crippen LogP contribution in [0.5, 0.6) is 0 Å². The molecule has 0 spiro atoms. The molecule has 1 aliphatic rings. The van der Waals surface area contributed by atoms with Crippen LogP contribution in [0.25, 0.3) is 0 Å². The molecule has 0 unspecified atom stereocenters. The number of carbonyl (C=O) groups excluding carboxylic acids is 1. The number of aromatic nitrogens is 1. The van der Waals surface area contributed by atoms with Gasteiger partial charge in [0.2, 0.25) is 0 Å². The van der Waals surface area contributed by atoms with Gasteiger partial charge in [-0.2, -0.15) is 0 Å². The Kier molecular flexibility index (Phi) is 5.23. The second-order valence-electron chi connectivity index (χ2n) is 6.59. The maximum Gasteiger partial charge on any atom is 0.251 e. The molecule has 4 rings (SSSR count). The zero-order chi connectivity index (χ0) is 19.3.